The molecule has 0 unspecified atom stereocenters. The van der Waals surface area contributed by atoms with E-state index in [1.807, 2.05) is 24.3 Å². The molecule has 0 saturated carbocycles. The Morgan fingerprint density at radius 2 is 2.00 bits per heavy atom. The predicted octanol–water partition coefficient (Wildman–Crippen LogP) is 4.88. The molecule has 0 amide bonds. The number of aromatic nitrogens is 1. The van der Waals surface area contributed by atoms with Gasteiger partial charge in [0.25, 0.3) is 0 Å². The Hall–Kier alpha value is -1.03. The molecule has 1 aromatic heterocycles. The van der Waals surface area contributed by atoms with Crippen LogP contribution < -0.4 is 0 Å². The fourth-order valence-corrected chi connectivity index (χ4v) is 2.68. The number of carbonyl (C=O) groups excluding carboxylic acids is 1. The second-order valence-electron chi connectivity index (χ2n) is 3.93. The highest BCUT2D eigenvalue weighted by atomic mass is 35.5. The van der Waals surface area contributed by atoms with Crippen molar-refractivity contribution in [1.82, 2.24) is 4.98 Å². The zero-order chi connectivity index (χ0) is 13.8. The molecule has 0 aliphatic carbocycles. The molecule has 0 bridgehead atoms. The van der Waals surface area contributed by atoms with Gasteiger partial charge in [0, 0.05) is 17.6 Å². The van der Waals surface area contributed by atoms with Crippen molar-refractivity contribution < 1.29 is 4.79 Å². The Morgan fingerprint density at radius 1 is 1.21 bits per heavy atom. The molecule has 0 fully saturated rings. The maximum absolute atomic E-state index is 11.3. The fraction of sp³-hybridized carbons (Fsp3) is 0.143. The van der Waals surface area contributed by atoms with Crippen molar-refractivity contribution in [3.05, 3.63) is 57.8 Å². The molecule has 0 N–H and O–H groups in total. The Morgan fingerprint density at radius 3 is 2.68 bits per heavy atom. The van der Waals surface area contributed by atoms with Gasteiger partial charge in [0.1, 0.15) is 5.69 Å². The van der Waals surface area contributed by atoms with E-state index >= 15 is 0 Å². The maximum Gasteiger partial charge on any atom is 0.178 e. The zero-order valence-corrected chi connectivity index (χ0v) is 12.5. The quantitative estimate of drug-likeness (QED) is 0.595. The van der Waals surface area contributed by atoms with Gasteiger partial charge in [-0.2, -0.15) is 0 Å². The molecule has 0 aliphatic heterocycles. The summed E-state index contributed by atoms with van der Waals surface area (Å²) in [6, 6.07) is 11.0. The number of rotatable bonds is 4. The van der Waals surface area contributed by atoms with Gasteiger partial charge in [0.15, 0.2) is 5.78 Å². The number of halogens is 2. The van der Waals surface area contributed by atoms with Crippen LogP contribution in [-0.2, 0) is 5.75 Å². The third-order valence-electron chi connectivity index (χ3n) is 2.45. The van der Waals surface area contributed by atoms with Gasteiger partial charge in [-0.1, -0.05) is 29.3 Å². The summed E-state index contributed by atoms with van der Waals surface area (Å²) in [5.41, 5.74) is 1.36. The van der Waals surface area contributed by atoms with Gasteiger partial charge in [-0.25, -0.2) is 4.98 Å². The number of pyridine rings is 1. The van der Waals surface area contributed by atoms with E-state index in [-0.39, 0.29) is 5.78 Å². The molecular weight excluding hydrogens is 301 g/mol. The largest absolute Gasteiger partial charge is 0.293 e. The number of benzene rings is 1. The predicted molar refractivity (Wildman–Crippen MR) is 80.3 cm³/mol. The molecule has 2 aromatic rings. The normalized spacial score (nSPS) is 10.5. The molecule has 0 radical (unpaired) electrons. The molecule has 19 heavy (non-hydrogen) atoms. The SMILES string of the molecule is CC(=O)c1cccc(CSc2ccc(Cl)c(Cl)c2)n1. The van der Waals surface area contributed by atoms with E-state index in [0.29, 0.717) is 21.5 Å². The number of hydrogen-bond donors (Lipinski definition) is 0. The summed E-state index contributed by atoms with van der Waals surface area (Å²) in [6.07, 6.45) is 0. The van der Waals surface area contributed by atoms with Crippen molar-refractivity contribution in [2.45, 2.75) is 17.6 Å². The third-order valence-corrected chi connectivity index (χ3v) is 4.21. The van der Waals surface area contributed by atoms with Gasteiger partial charge in [-0.15, -0.1) is 11.8 Å². The highest BCUT2D eigenvalue weighted by molar-refractivity contribution is 7.98. The van der Waals surface area contributed by atoms with Crippen LogP contribution >= 0.6 is 35.0 Å². The average molecular weight is 312 g/mol. The molecule has 5 heteroatoms. The van der Waals surface area contributed by atoms with Gasteiger partial charge < -0.3 is 0 Å². The van der Waals surface area contributed by atoms with Crippen LogP contribution in [0.5, 0.6) is 0 Å². The van der Waals surface area contributed by atoms with Crippen LogP contribution in [0.25, 0.3) is 0 Å². The van der Waals surface area contributed by atoms with E-state index in [2.05, 4.69) is 4.98 Å². The second kappa shape index (κ2) is 6.42. The first kappa shape index (κ1) is 14.4. The number of ketones is 1. The van der Waals surface area contributed by atoms with E-state index in [1.165, 1.54) is 6.92 Å². The lowest BCUT2D eigenvalue weighted by molar-refractivity contribution is 0.101. The number of nitrogens with zero attached hydrogens (tertiary/aromatic N) is 1. The lowest BCUT2D eigenvalue weighted by Gasteiger charge is -2.04. The van der Waals surface area contributed by atoms with E-state index in [1.54, 1.807) is 23.9 Å². The minimum absolute atomic E-state index is 0.0265. The van der Waals surface area contributed by atoms with Gasteiger partial charge in [0.05, 0.1) is 15.7 Å². The summed E-state index contributed by atoms with van der Waals surface area (Å²) in [5.74, 6) is 0.653. The summed E-state index contributed by atoms with van der Waals surface area (Å²) in [5, 5.41) is 1.08. The molecule has 2 nitrogen and oxygen atoms in total. The number of thioether (sulfide) groups is 1. The average Bonchev–Trinajstić information content (AvgIpc) is 2.40. The monoisotopic (exact) mass is 311 g/mol. The van der Waals surface area contributed by atoms with Gasteiger partial charge >= 0.3 is 0 Å². The zero-order valence-electron chi connectivity index (χ0n) is 10.2. The first-order valence-corrected chi connectivity index (χ1v) is 7.35. The van der Waals surface area contributed by atoms with E-state index in [9.17, 15) is 4.79 Å². The van der Waals surface area contributed by atoms with E-state index < -0.39 is 0 Å². The first-order chi connectivity index (χ1) is 9.06. The highest BCUT2D eigenvalue weighted by Gasteiger charge is 2.04. The van der Waals surface area contributed by atoms with Gasteiger partial charge in [-0.3, -0.25) is 4.79 Å². The summed E-state index contributed by atoms with van der Waals surface area (Å²) in [7, 11) is 0. The van der Waals surface area contributed by atoms with Crippen molar-refractivity contribution >= 4 is 40.7 Å². The molecule has 0 spiro atoms. The van der Waals surface area contributed by atoms with Gasteiger partial charge in [0.2, 0.25) is 0 Å². The molecule has 0 saturated heterocycles. The van der Waals surface area contributed by atoms with Crippen molar-refractivity contribution in [1.29, 1.82) is 0 Å². The molecule has 98 valence electrons. The van der Waals surface area contributed by atoms with E-state index in [4.69, 9.17) is 23.2 Å². The highest BCUT2D eigenvalue weighted by Crippen LogP contribution is 2.29. The van der Waals surface area contributed by atoms with Crippen LogP contribution in [0.4, 0.5) is 0 Å². The molecular formula is C14H11Cl2NOS. The summed E-state index contributed by atoms with van der Waals surface area (Å²) in [4.78, 5) is 16.6. The van der Waals surface area contributed by atoms with Crippen molar-refractivity contribution in [2.75, 3.05) is 0 Å². The topological polar surface area (TPSA) is 30.0 Å². The summed E-state index contributed by atoms with van der Waals surface area (Å²) in [6.45, 7) is 1.51. The van der Waals surface area contributed by atoms with Crippen LogP contribution in [0.1, 0.15) is 23.1 Å². The molecule has 0 aliphatic rings. The molecule has 0 atom stereocenters. The number of hydrogen-bond acceptors (Lipinski definition) is 3. The number of carbonyl (C=O) groups is 1. The lowest BCUT2D eigenvalue weighted by Crippen LogP contribution is -1.98. The molecule has 2 rings (SSSR count). The Balaban J connectivity index is 2.07. The minimum Gasteiger partial charge on any atom is -0.293 e. The van der Waals surface area contributed by atoms with Crippen molar-refractivity contribution in [3.8, 4) is 0 Å². The van der Waals surface area contributed by atoms with Crippen molar-refractivity contribution in [2.24, 2.45) is 0 Å². The van der Waals surface area contributed by atoms with Crippen LogP contribution in [0.15, 0.2) is 41.3 Å². The van der Waals surface area contributed by atoms with Crippen LogP contribution in [0.3, 0.4) is 0 Å². The van der Waals surface area contributed by atoms with E-state index in [0.717, 1.165) is 10.6 Å². The third kappa shape index (κ3) is 3.96. The Bertz CT molecular complexity index is 616. The van der Waals surface area contributed by atoms with Crippen LogP contribution in [0.2, 0.25) is 10.0 Å². The maximum atomic E-state index is 11.3. The Labute approximate surface area is 126 Å². The van der Waals surface area contributed by atoms with Crippen LogP contribution in [0, 0.1) is 0 Å². The first-order valence-electron chi connectivity index (χ1n) is 5.61. The second-order valence-corrected chi connectivity index (χ2v) is 5.80. The van der Waals surface area contributed by atoms with Crippen molar-refractivity contribution in [3.63, 3.8) is 0 Å². The minimum atomic E-state index is -0.0265. The summed E-state index contributed by atoms with van der Waals surface area (Å²) >= 11 is 13.4. The standard InChI is InChI=1S/C14H11Cl2NOS/c1-9(18)14-4-2-3-10(17-14)8-19-11-5-6-12(15)13(16)7-11/h2-7H,8H2,1H3. The van der Waals surface area contributed by atoms with Gasteiger partial charge in [-0.05, 0) is 30.3 Å². The smallest absolute Gasteiger partial charge is 0.178 e. The Kier molecular flexibility index (Phi) is 4.86. The number of Topliss-reactive ketones (excluding diaryl/α,β-unsaturated/α-hetero) is 1. The van der Waals surface area contributed by atoms with Crippen LogP contribution in [-0.4, -0.2) is 10.8 Å². The summed E-state index contributed by atoms with van der Waals surface area (Å²) < 4.78 is 0. The fourth-order valence-electron chi connectivity index (χ4n) is 1.48. The molecule has 1 aromatic carbocycles. The molecule has 1 heterocycles. The lowest BCUT2D eigenvalue weighted by atomic mass is 10.2.